The Kier molecular flexibility index (Phi) is 4.70. The van der Waals surface area contributed by atoms with Crippen LogP contribution in [0.3, 0.4) is 0 Å². The lowest BCUT2D eigenvalue weighted by molar-refractivity contribution is -0.384. The summed E-state index contributed by atoms with van der Waals surface area (Å²) in [6, 6.07) is 17.7. The number of hydrazone groups is 1. The lowest BCUT2D eigenvalue weighted by atomic mass is 10.0. The van der Waals surface area contributed by atoms with Crippen molar-refractivity contribution in [3.63, 3.8) is 0 Å². The molecule has 1 aliphatic heterocycles. The van der Waals surface area contributed by atoms with E-state index in [9.17, 15) is 14.5 Å². The van der Waals surface area contributed by atoms with E-state index in [2.05, 4.69) is 31.4 Å². The average Bonchev–Trinajstić information content (AvgIpc) is 2.88. The SMILES string of the molecule is O=[N+]([O-])c1ccc(C2=NNC(c3ccc(Br)cc3)=Nc3ccc(F)cc32)cc1. The van der Waals surface area contributed by atoms with Crippen LogP contribution in [0.1, 0.15) is 16.7 Å². The second-order valence-electron chi connectivity index (χ2n) is 6.00. The lowest BCUT2D eigenvalue weighted by Gasteiger charge is -2.07. The summed E-state index contributed by atoms with van der Waals surface area (Å²) in [4.78, 5) is 15.0. The van der Waals surface area contributed by atoms with E-state index in [1.54, 1.807) is 18.2 Å². The molecule has 28 heavy (non-hydrogen) atoms. The number of aliphatic imine (C=N–C) groups is 1. The number of rotatable bonds is 3. The number of non-ortho nitro benzene ring substituents is 1. The van der Waals surface area contributed by atoms with Gasteiger partial charge in [-0.2, -0.15) is 5.10 Å². The van der Waals surface area contributed by atoms with E-state index in [4.69, 9.17) is 0 Å². The van der Waals surface area contributed by atoms with Gasteiger partial charge in [0.05, 0.1) is 10.6 Å². The van der Waals surface area contributed by atoms with Crippen molar-refractivity contribution in [1.82, 2.24) is 5.43 Å². The third-order valence-corrected chi connectivity index (χ3v) is 4.72. The van der Waals surface area contributed by atoms with Crippen molar-refractivity contribution in [2.75, 3.05) is 0 Å². The zero-order valence-corrected chi connectivity index (χ0v) is 15.9. The molecule has 0 radical (unpaired) electrons. The molecule has 0 saturated carbocycles. The third kappa shape index (κ3) is 3.54. The van der Waals surface area contributed by atoms with Crippen LogP contribution in [0.25, 0.3) is 0 Å². The number of nitrogens with zero attached hydrogens (tertiary/aromatic N) is 3. The molecule has 8 heteroatoms. The molecule has 0 bridgehead atoms. The molecule has 0 saturated heterocycles. The average molecular weight is 439 g/mol. The van der Waals surface area contributed by atoms with Gasteiger partial charge in [-0.05, 0) is 42.5 Å². The highest BCUT2D eigenvalue weighted by Gasteiger charge is 2.19. The van der Waals surface area contributed by atoms with Gasteiger partial charge in [0.2, 0.25) is 0 Å². The van der Waals surface area contributed by atoms with Crippen LogP contribution < -0.4 is 5.43 Å². The molecule has 0 atom stereocenters. The molecule has 0 unspecified atom stereocenters. The largest absolute Gasteiger partial charge is 0.269 e. The zero-order chi connectivity index (χ0) is 19.7. The summed E-state index contributed by atoms with van der Waals surface area (Å²) in [6.07, 6.45) is 0. The van der Waals surface area contributed by atoms with Gasteiger partial charge in [-0.3, -0.25) is 15.5 Å². The Bertz CT molecular complexity index is 1130. The Morgan fingerprint density at radius 1 is 0.964 bits per heavy atom. The van der Waals surface area contributed by atoms with E-state index in [-0.39, 0.29) is 5.69 Å². The summed E-state index contributed by atoms with van der Waals surface area (Å²) in [6.45, 7) is 0. The van der Waals surface area contributed by atoms with Gasteiger partial charge in [0.1, 0.15) is 11.5 Å². The second-order valence-corrected chi connectivity index (χ2v) is 6.92. The lowest BCUT2D eigenvalue weighted by Crippen LogP contribution is -2.19. The minimum Gasteiger partial charge on any atom is -0.260 e. The fraction of sp³-hybridized carbons (Fsp3) is 0. The normalized spacial score (nSPS) is 12.9. The molecule has 1 N–H and O–H groups in total. The highest BCUT2D eigenvalue weighted by molar-refractivity contribution is 9.10. The molecule has 4 rings (SSSR count). The molecule has 138 valence electrons. The predicted molar refractivity (Wildman–Crippen MR) is 109 cm³/mol. The van der Waals surface area contributed by atoms with E-state index in [1.807, 2.05) is 24.3 Å². The Labute approximate surface area is 167 Å². The Hall–Kier alpha value is -3.39. The molecular weight excluding hydrogens is 427 g/mol. The number of nitro groups is 1. The summed E-state index contributed by atoms with van der Waals surface area (Å²) in [5, 5.41) is 15.3. The van der Waals surface area contributed by atoms with Crippen LogP contribution in [0.15, 0.2) is 81.3 Å². The van der Waals surface area contributed by atoms with Crippen molar-refractivity contribution in [3.8, 4) is 0 Å². The van der Waals surface area contributed by atoms with Crippen molar-refractivity contribution in [2.24, 2.45) is 10.1 Å². The number of hydrogen-bond acceptors (Lipinski definition) is 5. The molecule has 0 amide bonds. The van der Waals surface area contributed by atoms with Crippen molar-refractivity contribution in [1.29, 1.82) is 0 Å². The Morgan fingerprint density at radius 3 is 2.32 bits per heavy atom. The smallest absolute Gasteiger partial charge is 0.260 e. The number of hydrogen-bond donors (Lipinski definition) is 1. The van der Waals surface area contributed by atoms with Crippen LogP contribution >= 0.6 is 15.9 Å². The van der Waals surface area contributed by atoms with Crippen LogP contribution in [0.2, 0.25) is 0 Å². The molecule has 0 fully saturated rings. The van der Waals surface area contributed by atoms with E-state index in [0.29, 0.717) is 28.4 Å². The van der Waals surface area contributed by atoms with E-state index < -0.39 is 10.7 Å². The number of fused-ring (bicyclic) bond motifs is 1. The van der Waals surface area contributed by atoms with Gasteiger partial charge in [-0.15, -0.1) is 0 Å². The summed E-state index contributed by atoms with van der Waals surface area (Å²) >= 11 is 3.40. The highest BCUT2D eigenvalue weighted by atomic mass is 79.9. The number of nitrogens with one attached hydrogen (secondary N) is 1. The van der Waals surface area contributed by atoms with Crippen molar-refractivity contribution in [2.45, 2.75) is 0 Å². The van der Waals surface area contributed by atoms with Crippen LogP contribution in [-0.2, 0) is 0 Å². The van der Waals surface area contributed by atoms with Crippen molar-refractivity contribution < 1.29 is 9.31 Å². The maximum absolute atomic E-state index is 13.9. The predicted octanol–water partition coefficient (Wildman–Crippen LogP) is 4.93. The first-order valence-corrected chi connectivity index (χ1v) is 9.03. The maximum atomic E-state index is 13.9. The summed E-state index contributed by atoms with van der Waals surface area (Å²) in [5.41, 5.74) is 5.81. The molecule has 0 spiro atoms. The zero-order valence-electron chi connectivity index (χ0n) is 14.3. The fourth-order valence-electron chi connectivity index (χ4n) is 2.81. The molecule has 1 heterocycles. The molecule has 0 aliphatic carbocycles. The fourth-order valence-corrected chi connectivity index (χ4v) is 3.07. The van der Waals surface area contributed by atoms with Crippen LogP contribution in [0.4, 0.5) is 15.8 Å². The topological polar surface area (TPSA) is 79.9 Å². The number of benzene rings is 3. The standard InChI is InChI=1S/C20H12BrFN4O2/c21-14-5-1-13(2-6-14)20-23-18-10-7-15(22)11-17(18)19(24-25-20)12-3-8-16(9-4-12)26(27)28/h1-11H,(H,23,25). The van der Waals surface area contributed by atoms with Crippen LogP contribution in [-0.4, -0.2) is 16.5 Å². The Morgan fingerprint density at radius 2 is 1.64 bits per heavy atom. The number of amidine groups is 1. The summed E-state index contributed by atoms with van der Waals surface area (Å²) in [7, 11) is 0. The Balaban J connectivity index is 1.82. The van der Waals surface area contributed by atoms with E-state index in [1.165, 1.54) is 24.3 Å². The van der Waals surface area contributed by atoms with E-state index >= 15 is 0 Å². The molecule has 0 aromatic heterocycles. The first kappa shape index (κ1) is 18.0. The number of nitro benzene ring substituents is 1. The van der Waals surface area contributed by atoms with Gasteiger partial charge in [0.25, 0.3) is 5.69 Å². The van der Waals surface area contributed by atoms with Gasteiger partial charge in [-0.1, -0.05) is 28.1 Å². The maximum Gasteiger partial charge on any atom is 0.269 e. The molecular formula is C20H12BrFN4O2. The summed E-state index contributed by atoms with van der Waals surface area (Å²) < 4.78 is 14.9. The minimum atomic E-state index is -0.473. The van der Waals surface area contributed by atoms with Gasteiger partial charge >= 0.3 is 0 Å². The van der Waals surface area contributed by atoms with Crippen LogP contribution in [0, 0.1) is 15.9 Å². The quantitative estimate of drug-likeness (QED) is 0.464. The molecule has 3 aromatic carbocycles. The number of halogens is 2. The third-order valence-electron chi connectivity index (χ3n) is 4.19. The van der Waals surface area contributed by atoms with Gasteiger partial charge < -0.3 is 0 Å². The first-order valence-electron chi connectivity index (χ1n) is 8.24. The molecule has 6 nitrogen and oxygen atoms in total. The second kappa shape index (κ2) is 7.32. The first-order chi connectivity index (χ1) is 13.5. The van der Waals surface area contributed by atoms with E-state index in [0.717, 1.165) is 10.0 Å². The van der Waals surface area contributed by atoms with Crippen molar-refractivity contribution in [3.05, 3.63) is 104 Å². The van der Waals surface area contributed by atoms with Gasteiger partial charge in [0.15, 0.2) is 5.84 Å². The monoisotopic (exact) mass is 438 g/mol. The minimum absolute atomic E-state index is 0.0304. The van der Waals surface area contributed by atoms with Crippen LogP contribution in [0.5, 0.6) is 0 Å². The van der Waals surface area contributed by atoms with Crippen molar-refractivity contribution >= 4 is 38.9 Å². The van der Waals surface area contributed by atoms with Gasteiger partial charge in [-0.25, -0.2) is 9.38 Å². The highest BCUT2D eigenvalue weighted by Crippen LogP contribution is 2.27. The van der Waals surface area contributed by atoms with Gasteiger partial charge in [0, 0.05) is 33.3 Å². The molecule has 1 aliphatic rings. The molecule has 3 aromatic rings. The summed E-state index contributed by atoms with van der Waals surface area (Å²) in [5.74, 6) is 0.0907.